The lowest BCUT2D eigenvalue weighted by Crippen LogP contribution is -2.20. The van der Waals surface area contributed by atoms with Crippen molar-refractivity contribution in [1.29, 1.82) is 0 Å². The zero-order valence-corrected chi connectivity index (χ0v) is 13.1. The molecule has 9 heteroatoms. The van der Waals surface area contributed by atoms with Gasteiger partial charge in [-0.1, -0.05) is 6.07 Å². The van der Waals surface area contributed by atoms with Gasteiger partial charge in [0.2, 0.25) is 0 Å². The minimum absolute atomic E-state index is 0.333. The first-order chi connectivity index (χ1) is 11.7. The number of hydrogen-bond acceptors (Lipinski definition) is 6. The van der Waals surface area contributed by atoms with Crippen LogP contribution in [0.15, 0.2) is 43.2 Å². The highest BCUT2D eigenvalue weighted by molar-refractivity contribution is 6.00. The number of carbonyl (C=O) groups is 1. The molecule has 0 spiro atoms. The third kappa shape index (κ3) is 3.46. The van der Waals surface area contributed by atoms with Gasteiger partial charge >= 0.3 is 6.03 Å². The Hall–Kier alpha value is -3.49. The van der Waals surface area contributed by atoms with Crippen LogP contribution in [-0.2, 0) is 0 Å². The van der Waals surface area contributed by atoms with E-state index >= 15 is 0 Å². The number of methoxy groups -OCH3 is 1. The second kappa shape index (κ2) is 6.73. The lowest BCUT2D eigenvalue weighted by Gasteiger charge is -2.11. The second-order valence-electron chi connectivity index (χ2n) is 4.88. The number of aromatic nitrogens is 5. The van der Waals surface area contributed by atoms with Crippen molar-refractivity contribution in [3.63, 3.8) is 0 Å². The molecule has 1 aromatic carbocycles. The summed E-state index contributed by atoms with van der Waals surface area (Å²) < 4.78 is 6.70. The monoisotopic (exact) mass is 325 g/mol. The highest BCUT2D eigenvalue weighted by atomic mass is 16.5. The molecule has 9 nitrogen and oxygen atoms in total. The van der Waals surface area contributed by atoms with Crippen LogP contribution in [0.4, 0.5) is 16.3 Å². The van der Waals surface area contributed by atoms with Gasteiger partial charge in [-0.2, -0.15) is 5.10 Å². The second-order valence-corrected chi connectivity index (χ2v) is 4.88. The highest BCUT2D eigenvalue weighted by Gasteiger charge is 2.09. The van der Waals surface area contributed by atoms with E-state index in [1.807, 2.05) is 19.1 Å². The quantitative estimate of drug-likeness (QED) is 0.760. The number of nitrogens with zero attached hydrogens (tertiary/aromatic N) is 5. The SMILES string of the molecule is COc1ccc(C)cc1NC(=O)Nc1cc(-n2cncn2)ncn1. The summed E-state index contributed by atoms with van der Waals surface area (Å²) in [5, 5.41) is 9.36. The van der Waals surface area contributed by atoms with E-state index in [0.29, 0.717) is 23.1 Å². The maximum absolute atomic E-state index is 12.2. The largest absolute Gasteiger partial charge is 0.495 e. The smallest absolute Gasteiger partial charge is 0.324 e. The summed E-state index contributed by atoms with van der Waals surface area (Å²) in [7, 11) is 1.54. The number of benzene rings is 1. The Balaban J connectivity index is 1.74. The highest BCUT2D eigenvalue weighted by Crippen LogP contribution is 2.25. The zero-order valence-electron chi connectivity index (χ0n) is 13.1. The van der Waals surface area contributed by atoms with E-state index < -0.39 is 6.03 Å². The van der Waals surface area contributed by atoms with Crippen molar-refractivity contribution in [2.75, 3.05) is 17.7 Å². The van der Waals surface area contributed by atoms with Gasteiger partial charge in [0.15, 0.2) is 5.82 Å². The summed E-state index contributed by atoms with van der Waals surface area (Å²) in [4.78, 5) is 24.1. The van der Waals surface area contributed by atoms with E-state index in [-0.39, 0.29) is 0 Å². The van der Waals surface area contributed by atoms with Crippen LogP contribution in [-0.4, -0.2) is 37.9 Å². The average Bonchev–Trinajstić information content (AvgIpc) is 3.10. The molecule has 0 unspecified atom stereocenters. The van der Waals surface area contributed by atoms with E-state index in [2.05, 4.69) is 30.7 Å². The van der Waals surface area contributed by atoms with E-state index in [9.17, 15) is 4.79 Å². The molecule has 0 radical (unpaired) electrons. The van der Waals surface area contributed by atoms with Crippen molar-refractivity contribution >= 4 is 17.5 Å². The van der Waals surface area contributed by atoms with Crippen LogP contribution in [0.3, 0.4) is 0 Å². The minimum Gasteiger partial charge on any atom is -0.495 e. The van der Waals surface area contributed by atoms with Crippen LogP contribution in [0, 0.1) is 6.92 Å². The summed E-state index contributed by atoms with van der Waals surface area (Å²) in [6.07, 6.45) is 4.23. The molecule has 0 bridgehead atoms. The summed E-state index contributed by atoms with van der Waals surface area (Å²) in [5.41, 5.74) is 1.57. The fourth-order valence-electron chi connectivity index (χ4n) is 2.06. The van der Waals surface area contributed by atoms with Gasteiger partial charge in [-0.05, 0) is 24.6 Å². The topological polar surface area (TPSA) is 107 Å². The molecule has 3 aromatic rings. The third-order valence-electron chi connectivity index (χ3n) is 3.15. The first-order valence-electron chi connectivity index (χ1n) is 7.05. The van der Waals surface area contributed by atoms with E-state index in [0.717, 1.165) is 5.56 Å². The van der Waals surface area contributed by atoms with Gasteiger partial charge in [0.05, 0.1) is 12.8 Å². The van der Waals surface area contributed by atoms with Crippen molar-refractivity contribution < 1.29 is 9.53 Å². The standard InChI is InChI=1S/C15H15N7O2/c1-10-3-4-12(24-2)11(5-10)20-15(23)21-13-6-14(18-8-17-13)22-9-16-7-19-22/h3-9H,1-2H3,(H2,17,18,20,21,23). The number of rotatable bonds is 4. The molecule has 2 amide bonds. The Morgan fingerprint density at radius 2 is 2.04 bits per heavy atom. The molecule has 3 rings (SSSR count). The van der Waals surface area contributed by atoms with Crippen LogP contribution in [0.2, 0.25) is 0 Å². The molecule has 2 heterocycles. The van der Waals surface area contributed by atoms with Crippen LogP contribution in [0.5, 0.6) is 5.75 Å². The number of aryl methyl sites for hydroxylation is 1. The molecule has 0 saturated heterocycles. The molecule has 122 valence electrons. The first kappa shape index (κ1) is 15.4. The molecular formula is C15H15N7O2. The molecule has 24 heavy (non-hydrogen) atoms. The van der Waals surface area contributed by atoms with Crippen LogP contribution in [0.1, 0.15) is 5.56 Å². The molecule has 0 fully saturated rings. The van der Waals surface area contributed by atoms with Gasteiger partial charge in [0.25, 0.3) is 0 Å². The molecule has 0 aliphatic rings. The maximum atomic E-state index is 12.2. The number of amides is 2. The summed E-state index contributed by atoms with van der Waals surface area (Å²) in [5.74, 6) is 1.40. The number of hydrogen-bond donors (Lipinski definition) is 2. The normalized spacial score (nSPS) is 10.2. The van der Waals surface area contributed by atoms with Crippen LogP contribution < -0.4 is 15.4 Å². The lowest BCUT2D eigenvalue weighted by atomic mass is 10.2. The van der Waals surface area contributed by atoms with Gasteiger partial charge in [0.1, 0.15) is 30.5 Å². The Labute approximate surface area is 137 Å². The minimum atomic E-state index is -0.442. The molecule has 0 aliphatic carbocycles. The zero-order chi connectivity index (χ0) is 16.9. The summed E-state index contributed by atoms with van der Waals surface area (Å²) in [6, 6.07) is 6.65. The van der Waals surface area contributed by atoms with Gasteiger partial charge in [0, 0.05) is 6.07 Å². The number of urea groups is 1. The number of carbonyl (C=O) groups excluding carboxylic acids is 1. The Bertz CT molecular complexity index is 849. The summed E-state index contributed by atoms with van der Waals surface area (Å²) in [6.45, 7) is 1.93. The molecule has 0 aliphatic heterocycles. The predicted octanol–water partition coefficient (Wildman–Crippen LogP) is 2.02. The van der Waals surface area contributed by atoms with Gasteiger partial charge in [-0.25, -0.2) is 24.4 Å². The number of ether oxygens (including phenoxy) is 1. The van der Waals surface area contributed by atoms with Gasteiger partial charge in [-0.3, -0.25) is 5.32 Å². The van der Waals surface area contributed by atoms with Crippen molar-refractivity contribution in [2.45, 2.75) is 6.92 Å². The van der Waals surface area contributed by atoms with E-state index in [1.54, 1.807) is 19.2 Å². The Kier molecular flexibility index (Phi) is 4.32. The van der Waals surface area contributed by atoms with Gasteiger partial charge in [-0.15, -0.1) is 0 Å². The molecule has 0 atom stereocenters. The van der Waals surface area contributed by atoms with Crippen molar-refractivity contribution in [2.24, 2.45) is 0 Å². The fraction of sp³-hybridized carbons (Fsp3) is 0.133. The average molecular weight is 325 g/mol. The predicted molar refractivity (Wildman–Crippen MR) is 87.3 cm³/mol. The molecular weight excluding hydrogens is 310 g/mol. The summed E-state index contributed by atoms with van der Waals surface area (Å²) >= 11 is 0. The molecule has 2 N–H and O–H groups in total. The van der Waals surface area contributed by atoms with Crippen LogP contribution in [0.25, 0.3) is 5.82 Å². The number of nitrogens with one attached hydrogen (secondary N) is 2. The fourth-order valence-corrected chi connectivity index (χ4v) is 2.06. The lowest BCUT2D eigenvalue weighted by molar-refractivity contribution is 0.262. The number of anilines is 2. The van der Waals surface area contributed by atoms with Crippen molar-refractivity contribution in [3.8, 4) is 11.6 Å². The van der Waals surface area contributed by atoms with E-state index in [1.165, 1.54) is 23.7 Å². The van der Waals surface area contributed by atoms with E-state index in [4.69, 9.17) is 4.74 Å². The van der Waals surface area contributed by atoms with Crippen LogP contribution >= 0.6 is 0 Å². The first-order valence-corrected chi connectivity index (χ1v) is 7.05. The third-order valence-corrected chi connectivity index (χ3v) is 3.15. The Morgan fingerprint density at radius 3 is 2.79 bits per heavy atom. The molecule has 2 aromatic heterocycles. The maximum Gasteiger partial charge on any atom is 0.324 e. The van der Waals surface area contributed by atoms with Crippen molar-refractivity contribution in [3.05, 3.63) is 48.8 Å². The Morgan fingerprint density at radius 1 is 1.17 bits per heavy atom. The molecule has 0 saturated carbocycles. The van der Waals surface area contributed by atoms with Crippen molar-refractivity contribution in [1.82, 2.24) is 24.7 Å². The van der Waals surface area contributed by atoms with Gasteiger partial charge < -0.3 is 10.1 Å².